The summed E-state index contributed by atoms with van der Waals surface area (Å²) in [5.74, 6) is 0.327. The summed E-state index contributed by atoms with van der Waals surface area (Å²) in [7, 11) is -1.93. The first-order valence-corrected chi connectivity index (χ1v) is 11.6. The molecule has 0 aliphatic carbocycles. The molecule has 1 aromatic carbocycles. The average molecular weight is 429 g/mol. The van der Waals surface area contributed by atoms with Crippen molar-refractivity contribution < 1.29 is 17.9 Å². The van der Waals surface area contributed by atoms with E-state index >= 15 is 0 Å². The highest BCUT2D eigenvalue weighted by Gasteiger charge is 2.27. The van der Waals surface area contributed by atoms with E-state index in [0.29, 0.717) is 24.8 Å². The number of anilines is 1. The van der Waals surface area contributed by atoms with Crippen LogP contribution in [0.15, 0.2) is 33.5 Å². The Hall–Kier alpha value is -1.53. The van der Waals surface area contributed by atoms with Gasteiger partial charge >= 0.3 is 0 Å². The Morgan fingerprint density at radius 2 is 2.11 bits per heavy atom. The number of carbonyl (C=O) groups is 1. The van der Waals surface area contributed by atoms with Crippen molar-refractivity contribution in [2.75, 3.05) is 37.9 Å². The van der Waals surface area contributed by atoms with Gasteiger partial charge in [0.05, 0.1) is 11.5 Å². The van der Waals surface area contributed by atoms with Crippen LogP contribution in [-0.2, 0) is 14.8 Å². The van der Waals surface area contributed by atoms with Crippen molar-refractivity contribution in [3.05, 3.63) is 29.8 Å². The third kappa shape index (κ3) is 5.05. The predicted molar refractivity (Wildman–Crippen MR) is 105 cm³/mol. The van der Waals surface area contributed by atoms with E-state index in [2.05, 4.69) is 15.5 Å². The number of methoxy groups -OCH3 is 1. The third-order valence-electron chi connectivity index (χ3n) is 3.94. The molecule has 27 heavy (non-hydrogen) atoms. The molecule has 3 rings (SSSR count). The van der Waals surface area contributed by atoms with Crippen LogP contribution in [0.25, 0.3) is 0 Å². The lowest BCUT2D eigenvalue weighted by molar-refractivity contribution is 0.102. The van der Waals surface area contributed by atoms with E-state index in [1.165, 1.54) is 39.5 Å². The molecule has 1 aliphatic heterocycles. The molecular weight excluding hydrogens is 408 g/mol. The van der Waals surface area contributed by atoms with Gasteiger partial charge in [0.15, 0.2) is 4.34 Å². The van der Waals surface area contributed by atoms with Crippen LogP contribution in [0.5, 0.6) is 0 Å². The Bertz CT molecular complexity index is 895. The van der Waals surface area contributed by atoms with Crippen molar-refractivity contribution in [1.29, 1.82) is 0 Å². The molecular formula is C16H20N4O4S3. The summed E-state index contributed by atoms with van der Waals surface area (Å²) < 4.78 is 32.5. The molecule has 1 aliphatic rings. The molecule has 1 saturated heterocycles. The molecule has 146 valence electrons. The number of carbonyl (C=O) groups excluding carboxylic acids is 1. The lowest BCUT2D eigenvalue weighted by Crippen LogP contribution is -2.28. The number of aromatic nitrogens is 2. The number of amides is 1. The normalized spacial score (nSPS) is 15.1. The Morgan fingerprint density at radius 1 is 1.33 bits per heavy atom. The summed E-state index contributed by atoms with van der Waals surface area (Å²) >= 11 is 2.76. The van der Waals surface area contributed by atoms with Gasteiger partial charge in [0.1, 0.15) is 0 Å². The molecule has 1 aromatic heterocycles. The van der Waals surface area contributed by atoms with Crippen LogP contribution in [-0.4, -0.2) is 61.4 Å². The highest BCUT2D eigenvalue weighted by molar-refractivity contribution is 8.01. The fraction of sp³-hybridized carbons (Fsp3) is 0.438. The molecule has 0 radical (unpaired) electrons. The molecule has 8 nitrogen and oxygen atoms in total. The Labute approximate surface area is 166 Å². The first-order chi connectivity index (χ1) is 13.0. The summed E-state index contributed by atoms with van der Waals surface area (Å²) in [6, 6.07) is 6.07. The number of nitrogens with zero attached hydrogens (tertiary/aromatic N) is 3. The van der Waals surface area contributed by atoms with E-state index in [-0.39, 0.29) is 10.5 Å². The second kappa shape index (κ2) is 9.11. The van der Waals surface area contributed by atoms with Crippen molar-refractivity contribution in [3.63, 3.8) is 0 Å². The highest BCUT2D eigenvalue weighted by Crippen LogP contribution is 2.26. The van der Waals surface area contributed by atoms with E-state index < -0.39 is 15.9 Å². The van der Waals surface area contributed by atoms with Crippen LogP contribution in [0.2, 0.25) is 0 Å². The summed E-state index contributed by atoms with van der Waals surface area (Å²) in [6.07, 6.45) is 1.72. The van der Waals surface area contributed by atoms with Crippen molar-refractivity contribution in [1.82, 2.24) is 14.5 Å². The van der Waals surface area contributed by atoms with Crippen LogP contribution < -0.4 is 5.32 Å². The summed E-state index contributed by atoms with van der Waals surface area (Å²) in [5, 5.41) is 11.0. The van der Waals surface area contributed by atoms with Gasteiger partial charge in [-0.15, -0.1) is 10.2 Å². The molecule has 0 unspecified atom stereocenters. The molecule has 1 amide bonds. The monoisotopic (exact) mass is 428 g/mol. The summed E-state index contributed by atoms with van der Waals surface area (Å²) in [6.45, 7) is 1.64. The Morgan fingerprint density at radius 3 is 2.85 bits per heavy atom. The molecule has 2 aromatic rings. The summed E-state index contributed by atoms with van der Waals surface area (Å²) in [5.41, 5.74) is 0.263. The van der Waals surface area contributed by atoms with E-state index in [4.69, 9.17) is 4.74 Å². The van der Waals surface area contributed by atoms with Crippen LogP contribution in [0.4, 0.5) is 5.13 Å². The third-order valence-corrected chi connectivity index (χ3v) is 7.77. The maximum atomic E-state index is 12.7. The average Bonchev–Trinajstić information content (AvgIpc) is 3.34. The van der Waals surface area contributed by atoms with Crippen LogP contribution in [0.3, 0.4) is 0 Å². The minimum atomic E-state index is -3.56. The molecule has 2 heterocycles. The van der Waals surface area contributed by atoms with E-state index in [1.54, 1.807) is 19.2 Å². The van der Waals surface area contributed by atoms with E-state index in [1.807, 2.05) is 0 Å². The van der Waals surface area contributed by atoms with Crippen molar-refractivity contribution in [2.24, 2.45) is 0 Å². The van der Waals surface area contributed by atoms with Crippen molar-refractivity contribution in [3.8, 4) is 0 Å². The van der Waals surface area contributed by atoms with Gasteiger partial charge in [-0.3, -0.25) is 10.1 Å². The first-order valence-electron chi connectivity index (χ1n) is 8.37. The van der Waals surface area contributed by atoms with Crippen LogP contribution in [0.1, 0.15) is 23.2 Å². The number of nitrogens with one attached hydrogen (secondary N) is 1. The van der Waals surface area contributed by atoms with Gasteiger partial charge < -0.3 is 4.74 Å². The van der Waals surface area contributed by atoms with Gasteiger partial charge in [-0.1, -0.05) is 29.2 Å². The number of ether oxygens (including phenoxy) is 1. The Kier molecular flexibility index (Phi) is 6.82. The fourth-order valence-corrected chi connectivity index (χ4v) is 5.86. The molecule has 0 saturated carbocycles. The zero-order valence-electron chi connectivity index (χ0n) is 14.8. The highest BCUT2D eigenvalue weighted by atomic mass is 32.2. The lowest BCUT2D eigenvalue weighted by Gasteiger charge is -2.15. The SMILES string of the molecule is COCCSc1nnc(NC(=O)c2cccc(S(=O)(=O)N3CCCC3)c2)s1. The Balaban J connectivity index is 1.69. The van der Waals surface area contributed by atoms with Gasteiger partial charge in [0, 0.05) is 31.5 Å². The molecule has 0 atom stereocenters. The quantitative estimate of drug-likeness (QED) is 0.391. The largest absolute Gasteiger partial charge is 0.384 e. The molecule has 0 bridgehead atoms. The minimum Gasteiger partial charge on any atom is -0.384 e. The topological polar surface area (TPSA) is 101 Å². The molecule has 0 spiro atoms. The number of hydrogen-bond acceptors (Lipinski definition) is 8. The number of sulfonamides is 1. The van der Waals surface area contributed by atoms with Crippen molar-refractivity contribution >= 4 is 44.2 Å². The van der Waals surface area contributed by atoms with Gasteiger partial charge in [-0.2, -0.15) is 4.31 Å². The zero-order valence-corrected chi connectivity index (χ0v) is 17.2. The number of rotatable bonds is 8. The second-order valence-electron chi connectivity index (χ2n) is 5.81. The standard InChI is InChI=1S/C16H20N4O4S3/c1-24-9-10-25-16-19-18-15(26-16)17-14(21)12-5-4-6-13(11-12)27(22,23)20-7-2-3-8-20/h4-6,11H,2-3,7-10H2,1H3,(H,17,18,21). The van der Waals surface area contributed by atoms with Crippen LogP contribution in [0, 0.1) is 0 Å². The van der Waals surface area contributed by atoms with Crippen LogP contribution >= 0.6 is 23.1 Å². The lowest BCUT2D eigenvalue weighted by atomic mass is 10.2. The van der Waals surface area contributed by atoms with Gasteiger partial charge in [0.2, 0.25) is 15.2 Å². The smallest absolute Gasteiger partial charge is 0.257 e. The number of hydrogen-bond donors (Lipinski definition) is 1. The predicted octanol–water partition coefficient (Wildman–Crippen LogP) is 2.31. The zero-order chi connectivity index (χ0) is 19.3. The van der Waals surface area contributed by atoms with E-state index in [0.717, 1.165) is 22.9 Å². The van der Waals surface area contributed by atoms with Crippen molar-refractivity contribution in [2.45, 2.75) is 22.1 Å². The fourth-order valence-electron chi connectivity index (χ4n) is 2.58. The minimum absolute atomic E-state index is 0.130. The van der Waals surface area contributed by atoms with Gasteiger partial charge in [-0.25, -0.2) is 8.42 Å². The first kappa shape index (κ1) is 20.2. The summed E-state index contributed by atoms with van der Waals surface area (Å²) in [4.78, 5) is 12.6. The maximum Gasteiger partial charge on any atom is 0.257 e. The maximum absolute atomic E-state index is 12.7. The molecule has 1 N–H and O–H groups in total. The molecule has 1 fully saturated rings. The molecule has 11 heteroatoms. The van der Waals surface area contributed by atoms with E-state index in [9.17, 15) is 13.2 Å². The second-order valence-corrected chi connectivity index (χ2v) is 10.1. The van der Waals surface area contributed by atoms with Gasteiger partial charge in [0.25, 0.3) is 5.91 Å². The number of benzene rings is 1. The van der Waals surface area contributed by atoms with Gasteiger partial charge in [-0.05, 0) is 31.0 Å². The number of thioether (sulfide) groups is 1.